The van der Waals surface area contributed by atoms with Gasteiger partial charge in [0.05, 0.1) is 29.4 Å². The maximum absolute atomic E-state index is 12.5. The lowest BCUT2D eigenvalue weighted by Gasteiger charge is -2.06. The van der Waals surface area contributed by atoms with Crippen molar-refractivity contribution in [2.75, 3.05) is 12.4 Å². The maximum Gasteiger partial charge on any atom is 0.416 e. The van der Waals surface area contributed by atoms with Crippen LogP contribution in [0.4, 0.5) is 13.2 Å². The van der Waals surface area contributed by atoms with Gasteiger partial charge in [0.2, 0.25) is 5.89 Å². The van der Waals surface area contributed by atoms with Crippen LogP contribution >= 0.6 is 0 Å². The zero-order valence-corrected chi connectivity index (χ0v) is 12.0. The highest BCUT2D eigenvalue weighted by Gasteiger charge is 2.30. The van der Waals surface area contributed by atoms with Crippen LogP contribution < -0.4 is 0 Å². The van der Waals surface area contributed by atoms with E-state index < -0.39 is 39.7 Å². The molecule has 0 spiro atoms. The van der Waals surface area contributed by atoms with Gasteiger partial charge in [-0.05, 0) is 24.3 Å². The normalized spacial score (nSPS) is 12.5. The van der Waals surface area contributed by atoms with E-state index in [4.69, 9.17) is 9.52 Å². The van der Waals surface area contributed by atoms with Crippen molar-refractivity contribution in [1.29, 1.82) is 0 Å². The third-order valence-electron chi connectivity index (χ3n) is 2.78. The minimum absolute atomic E-state index is 0.0305. The lowest BCUT2D eigenvalue weighted by molar-refractivity contribution is -0.137. The molecular formula is C13H12F3NO4S. The molecule has 0 aliphatic rings. The summed E-state index contributed by atoms with van der Waals surface area (Å²) in [7, 11) is -3.50. The molecule has 2 rings (SSSR count). The van der Waals surface area contributed by atoms with E-state index in [1.54, 1.807) is 0 Å². The molecule has 1 aromatic heterocycles. The fraction of sp³-hybridized carbons (Fsp3) is 0.308. The zero-order chi connectivity index (χ0) is 16.4. The molecule has 0 aliphatic heterocycles. The number of hydrogen-bond acceptors (Lipinski definition) is 5. The van der Waals surface area contributed by atoms with Gasteiger partial charge in [-0.25, -0.2) is 13.4 Å². The van der Waals surface area contributed by atoms with E-state index >= 15 is 0 Å². The Morgan fingerprint density at radius 3 is 2.36 bits per heavy atom. The summed E-state index contributed by atoms with van der Waals surface area (Å²) in [5.41, 5.74) is -0.365. The molecule has 2 aromatic rings. The van der Waals surface area contributed by atoms with Crippen molar-refractivity contribution in [3.05, 3.63) is 41.8 Å². The molecule has 0 saturated carbocycles. The van der Waals surface area contributed by atoms with E-state index in [-0.39, 0.29) is 11.6 Å². The van der Waals surface area contributed by atoms with Crippen LogP contribution in [0.5, 0.6) is 0 Å². The van der Waals surface area contributed by atoms with Crippen LogP contribution in [0, 0.1) is 0 Å². The van der Waals surface area contributed by atoms with E-state index in [1.165, 1.54) is 12.1 Å². The highest BCUT2D eigenvalue weighted by Crippen LogP contribution is 2.30. The Labute approximate surface area is 124 Å². The van der Waals surface area contributed by atoms with Crippen molar-refractivity contribution in [1.82, 2.24) is 4.98 Å². The number of alkyl halides is 3. The molecule has 22 heavy (non-hydrogen) atoms. The second-order valence-corrected chi connectivity index (χ2v) is 6.72. The summed E-state index contributed by atoms with van der Waals surface area (Å²) >= 11 is 0. The Morgan fingerprint density at radius 1 is 1.18 bits per heavy atom. The van der Waals surface area contributed by atoms with Gasteiger partial charge in [0.25, 0.3) is 0 Å². The van der Waals surface area contributed by atoms with Gasteiger partial charge in [0.15, 0.2) is 9.84 Å². The van der Waals surface area contributed by atoms with Crippen molar-refractivity contribution in [3.63, 3.8) is 0 Å². The Hall–Kier alpha value is -1.87. The standard InChI is InChI=1S/C13H12F3NO4S/c14-13(15,16)10-3-1-9(2-4-10)12-17-11(7-21-12)8-22(19,20)6-5-18/h1-4,7,18H,5-6,8H2. The van der Waals surface area contributed by atoms with Gasteiger partial charge in [-0.15, -0.1) is 0 Å². The fourth-order valence-corrected chi connectivity index (χ4v) is 2.75. The minimum atomic E-state index is -4.43. The lowest BCUT2D eigenvalue weighted by Crippen LogP contribution is -2.12. The summed E-state index contributed by atoms with van der Waals surface area (Å²) in [5.74, 6) is -0.768. The van der Waals surface area contributed by atoms with Crippen LogP contribution in [0.3, 0.4) is 0 Å². The number of oxazole rings is 1. The summed E-state index contributed by atoms with van der Waals surface area (Å²) in [6.07, 6.45) is -3.30. The first kappa shape index (κ1) is 16.5. The summed E-state index contributed by atoms with van der Waals surface area (Å²) in [6.45, 7) is -0.494. The molecular weight excluding hydrogens is 323 g/mol. The largest absolute Gasteiger partial charge is 0.444 e. The van der Waals surface area contributed by atoms with Crippen LogP contribution in [-0.4, -0.2) is 30.9 Å². The zero-order valence-electron chi connectivity index (χ0n) is 11.2. The SMILES string of the molecule is O=S(=O)(CCO)Cc1coc(-c2ccc(C(F)(F)F)cc2)n1. The van der Waals surface area contributed by atoms with Crippen LogP contribution in [0.15, 0.2) is 34.9 Å². The van der Waals surface area contributed by atoms with Crippen LogP contribution in [0.2, 0.25) is 0 Å². The van der Waals surface area contributed by atoms with E-state index in [2.05, 4.69) is 4.98 Å². The number of rotatable bonds is 5. The number of aliphatic hydroxyl groups excluding tert-OH is 1. The molecule has 1 N–H and O–H groups in total. The van der Waals surface area contributed by atoms with E-state index in [1.807, 2.05) is 0 Å². The first-order chi connectivity index (χ1) is 10.2. The first-order valence-corrected chi connectivity index (χ1v) is 7.97. The number of benzene rings is 1. The van der Waals surface area contributed by atoms with Crippen molar-refractivity contribution in [2.45, 2.75) is 11.9 Å². The summed E-state index contributed by atoms with van der Waals surface area (Å²) in [4.78, 5) is 3.93. The summed E-state index contributed by atoms with van der Waals surface area (Å²) in [5, 5.41) is 8.64. The van der Waals surface area contributed by atoms with Gasteiger partial charge >= 0.3 is 6.18 Å². The average molecular weight is 335 g/mol. The van der Waals surface area contributed by atoms with Gasteiger partial charge in [-0.1, -0.05) is 0 Å². The minimum Gasteiger partial charge on any atom is -0.444 e. The van der Waals surface area contributed by atoms with Crippen LogP contribution in [-0.2, 0) is 21.8 Å². The molecule has 0 radical (unpaired) electrons. The molecule has 5 nitrogen and oxygen atoms in total. The molecule has 120 valence electrons. The number of halogens is 3. The fourth-order valence-electron chi connectivity index (χ4n) is 1.74. The Kier molecular flexibility index (Phi) is 4.57. The van der Waals surface area contributed by atoms with Crippen molar-refractivity contribution < 1.29 is 31.1 Å². The molecule has 0 saturated heterocycles. The van der Waals surface area contributed by atoms with Gasteiger partial charge in [-0.3, -0.25) is 0 Å². The topological polar surface area (TPSA) is 80.4 Å². The van der Waals surface area contributed by atoms with Crippen molar-refractivity contribution in [3.8, 4) is 11.5 Å². The third kappa shape index (κ3) is 4.08. The van der Waals surface area contributed by atoms with Crippen LogP contribution in [0.25, 0.3) is 11.5 Å². The monoisotopic (exact) mass is 335 g/mol. The predicted octanol–water partition coefficient (Wildman–Crippen LogP) is 2.27. The van der Waals surface area contributed by atoms with E-state index in [0.717, 1.165) is 18.4 Å². The molecule has 1 heterocycles. The molecule has 0 aliphatic carbocycles. The summed E-state index contributed by atoms with van der Waals surface area (Å²) in [6, 6.07) is 4.17. The Bertz CT molecular complexity index is 735. The number of sulfone groups is 1. The highest BCUT2D eigenvalue weighted by atomic mass is 32.2. The van der Waals surface area contributed by atoms with Gasteiger partial charge in [0, 0.05) is 5.56 Å². The van der Waals surface area contributed by atoms with E-state index in [0.29, 0.717) is 5.56 Å². The lowest BCUT2D eigenvalue weighted by atomic mass is 10.1. The highest BCUT2D eigenvalue weighted by molar-refractivity contribution is 7.90. The molecule has 0 fully saturated rings. The second kappa shape index (κ2) is 6.09. The van der Waals surface area contributed by atoms with Crippen molar-refractivity contribution >= 4 is 9.84 Å². The smallest absolute Gasteiger partial charge is 0.416 e. The first-order valence-electron chi connectivity index (χ1n) is 6.14. The molecule has 0 amide bonds. The second-order valence-electron chi connectivity index (χ2n) is 4.53. The average Bonchev–Trinajstić information content (AvgIpc) is 2.85. The quantitative estimate of drug-likeness (QED) is 0.906. The molecule has 0 bridgehead atoms. The predicted molar refractivity (Wildman–Crippen MR) is 71.5 cm³/mol. The number of aliphatic hydroxyl groups is 1. The van der Waals surface area contributed by atoms with Crippen LogP contribution in [0.1, 0.15) is 11.3 Å². The van der Waals surface area contributed by atoms with E-state index in [9.17, 15) is 21.6 Å². The molecule has 1 aromatic carbocycles. The number of aromatic nitrogens is 1. The van der Waals surface area contributed by atoms with Gasteiger partial charge in [-0.2, -0.15) is 13.2 Å². The molecule has 0 unspecified atom stereocenters. The molecule has 9 heteroatoms. The third-order valence-corrected chi connectivity index (χ3v) is 4.32. The number of hydrogen-bond donors (Lipinski definition) is 1. The number of nitrogens with zero attached hydrogens (tertiary/aromatic N) is 1. The summed E-state index contributed by atoms with van der Waals surface area (Å²) < 4.78 is 65.5. The Morgan fingerprint density at radius 2 is 1.82 bits per heavy atom. The maximum atomic E-state index is 12.5. The molecule has 0 atom stereocenters. The van der Waals surface area contributed by atoms with Gasteiger partial charge < -0.3 is 9.52 Å². The van der Waals surface area contributed by atoms with Crippen molar-refractivity contribution in [2.24, 2.45) is 0 Å². The Balaban J connectivity index is 2.18. The van der Waals surface area contributed by atoms with Gasteiger partial charge in [0.1, 0.15) is 6.26 Å².